The van der Waals surface area contributed by atoms with Gasteiger partial charge in [0.05, 0.1) is 6.61 Å². The number of carbonyl (C=O) groups is 1. The average Bonchev–Trinajstić information content (AvgIpc) is 2.05. The molecule has 12 heavy (non-hydrogen) atoms. The van der Waals surface area contributed by atoms with Crippen molar-refractivity contribution < 1.29 is 13.7 Å². The monoisotopic (exact) mass is 208 g/mol. The van der Waals surface area contributed by atoms with Gasteiger partial charge < -0.3 is 4.74 Å². The van der Waals surface area contributed by atoms with Gasteiger partial charge in [-0.2, -0.15) is 0 Å². The first-order valence-corrected chi connectivity index (χ1v) is 6.34. The Hall–Kier alpha value is -0.0300. The van der Waals surface area contributed by atoms with Crippen molar-refractivity contribution >= 4 is 28.5 Å². The van der Waals surface area contributed by atoms with E-state index in [1.54, 1.807) is 6.92 Å². The highest BCUT2D eigenvalue weighted by molar-refractivity contribution is 8.12. The van der Waals surface area contributed by atoms with E-state index in [0.717, 1.165) is 12.2 Å². The topological polar surface area (TPSA) is 43.4 Å². The van der Waals surface area contributed by atoms with Crippen molar-refractivity contribution in [3.05, 3.63) is 0 Å². The van der Waals surface area contributed by atoms with Gasteiger partial charge in [0, 0.05) is 16.6 Å². The summed E-state index contributed by atoms with van der Waals surface area (Å²) in [6, 6.07) is 0. The first-order valence-electron chi connectivity index (χ1n) is 3.91. The van der Waals surface area contributed by atoms with Gasteiger partial charge >= 0.3 is 5.97 Å². The molecule has 0 bridgehead atoms. The zero-order valence-electron chi connectivity index (χ0n) is 6.95. The predicted molar refractivity (Wildman–Crippen MR) is 50.5 cm³/mol. The Balaban J connectivity index is 2.48. The summed E-state index contributed by atoms with van der Waals surface area (Å²) >= 11 is 1.44. The zero-order valence-corrected chi connectivity index (χ0v) is 8.58. The largest absolute Gasteiger partial charge is 0.464 e. The van der Waals surface area contributed by atoms with E-state index in [-0.39, 0.29) is 5.97 Å². The molecule has 2 atom stereocenters. The van der Waals surface area contributed by atoms with Crippen LogP contribution in [0, 0.1) is 0 Å². The number of hydrogen-bond donors (Lipinski definition) is 0. The van der Waals surface area contributed by atoms with Crippen LogP contribution >= 0.6 is 11.8 Å². The van der Waals surface area contributed by atoms with E-state index in [2.05, 4.69) is 0 Å². The molecule has 0 radical (unpaired) electrons. The SMILES string of the molecule is CCOC(=O)C1SCCCS1=O. The van der Waals surface area contributed by atoms with Gasteiger partial charge in [0.25, 0.3) is 0 Å². The van der Waals surface area contributed by atoms with Crippen molar-refractivity contribution in [1.82, 2.24) is 0 Å². The highest BCUT2D eigenvalue weighted by Gasteiger charge is 2.29. The second-order valence-corrected chi connectivity index (χ2v) is 5.55. The summed E-state index contributed by atoms with van der Waals surface area (Å²) in [7, 11) is -1.02. The van der Waals surface area contributed by atoms with Crippen molar-refractivity contribution in [3.8, 4) is 0 Å². The third-order valence-electron chi connectivity index (χ3n) is 1.48. The normalized spacial score (nSPS) is 29.8. The van der Waals surface area contributed by atoms with Gasteiger partial charge in [0.15, 0.2) is 4.58 Å². The Bertz CT molecular complexity index is 193. The maximum absolute atomic E-state index is 11.3. The average molecular weight is 208 g/mol. The number of hydrogen-bond acceptors (Lipinski definition) is 4. The molecule has 0 spiro atoms. The summed E-state index contributed by atoms with van der Waals surface area (Å²) < 4.78 is 15.7. The van der Waals surface area contributed by atoms with Gasteiger partial charge in [-0.15, -0.1) is 11.8 Å². The second kappa shape index (κ2) is 4.87. The fourth-order valence-electron chi connectivity index (χ4n) is 0.960. The Morgan fingerprint density at radius 1 is 1.75 bits per heavy atom. The lowest BCUT2D eigenvalue weighted by Gasteiger charge is -2.18. The molecule has 1 aliphatic heterocycles. The van der Waals surface area contributed by atoms with Crippen molar-refractivity contribution in [3.63, 3.8) is 0 Å². The van der Waals surface area contributed by atoms with E-state index in [9.17, 15) is 9.00 Å². The minimum absolute atomic E-state index is 0.319. The van der Waals surface area contributed by atoms with Crippen LogP contribution in [-0.4, -0.2) is 32.9 Å². The molecular weight excluding hydrogens is 196 g/mol. The summed E-state index contributed by atoms with van der Waals surface area (Å²) in [4.78, 5) is 11.2. The molecule has 0 N–H and O–H groups in total. The molecule has 5 heteroatoms. The molecule has 0 aromatic heterocycles. The van der Waals surface area contributed by atoms with E-state index >= 15 is 0 Å². The minimum Gasteiger partial charge on any atom is -0.464 e. The number of rotatable bonds is 2. The molecule has 0 aliphatic carbocycles. The van der Waals surface area contributed by atoms with Crippen LogP contribution in [0.4, 0.5) is 0 Å². The van der Waals surface area contributed by atoms with Gasteiger partial charge in [-0.3, -0.25) is 4.21 Å². The molecule has 2 unspecified atom stereocenters. The van der Waals surface area contributed by atoms with Crippen molar-refractivity contribution in [2.75, 3.05) is 18.1 Å². The van der Waals surface area contributed by atoms with Crippen LogP contribution in [0.25, 0.3) is 0 Å². The number of carbonyl (C=O) groups excluding carboxylic acids is 1. The molecule has 1 rings (SSSR count). The maximum atomic E-state index is 11.3. The highest BCUT2D eigenvalue weighted by Crippen LogP contribution is 2.23. The van der Waals surface area contributed by atoms with Gasteiger partial charge in [0.1, 0.15) is 0 Å². The third kappa shape index (κ3) is 2.48. The Kier molecular flexibility index (Phi) is 4.08. The smallest absolute Gasteiger partial charge is 0.332 e. The van der Waals surface area contributed by atoms with Crippen LogP contribution in [0.5, 0.6) is 0 Å². The summed E-state index contributed by atoms with van der Waals surface area (Å²) in [5, 5.41) is 0. The van der Waals surface area contributed by atoms with E-state index in [1.807, 2.05) is 0 Å². The van der Waals surface area contributed by atoms with Crippen LogP contribution in [-0.2, 0) is 20.3 Å². The molecule has 1 aliphatic rings. The molecule has 0 aromatic rings. The van der Waals surface area contributed by atoms with E-state index < -0.39 is 15.4 Å². The molecule has 70 valence electrons. The lowest BCUT2D eigenvalue weighted by Crippen LogP contribution is -2.30. The summed E-state index contributed by atoms with van der Waals surface area (Å²) in [6.07, 6.45) is 0.938. The predicted octanol–water partition coefficient (Wildman–Crippen LogP) is 0.761. The fraction of sp³-hybridized carbons (Fsp3) is 0.857. The Labute approximate surface area is 78.7 Å². The number of thioether (sulfide) groups is 1. The lowest BCUT2D eigenvalue weighted by atomic mass is 10.6. The molecule has 1 fully saturated rings. The van der Waals surface area contributed by atoms with E-state index in [4.69, 9.17) is 4.74 Å². The van der Waals surface area contributed by atoms with Crippen molar-refractivity contribution in [1.29, 1.82) is 0 Å². The van der Waals surface area contributed by atoms with Crippen molar-refractivity contribution in [2.24, 2.45) is 0 Å². The van der Waals surface area contributed by atoms with Crippen LogP contribution in [0.2, 0.25) is 0 Å². The molecule has 0 aromatic carbocycles. The van der Waals surface area contributed by atoms with E-state index in [0.29, 0.717) is 12.4 Å². The third-order valence-corrected chi connectivity index (χ3v) is 4.91. The summed E-state index contributed by atoms with van der Waals surface area (Å²) in [6.45, 7) is 2.13. The number of esters is 1. The lowest BCUT2D eigenvalue weighted by molar-refractivity contribution is -0.140. The molecule has 3 nitrogen and oxygen atoms in total. The standard InChI is InChI=1S/C7H12O3S2/c1-2-10-6(8)7-11-4-3-5-12(7)9/h7H,2-5H2,1H3. The summed E-state index contributed by atoms with van der Waals surface area (Å²) in [5.74, 6) is 1.23. The van der Waals surface area contributed by atoms with Crippen LogP contribution in [0.15, 0.2) is 0 Å². The molecular formula is C7H12O3S2. The first-order chi connectivity index (χ1) is 5.75. The molecule has 1 saturated heterocycles. The van der Waals surface area contributed by atoms with Crippen LogP contribution < -0.4 is 0 Å². The summed E-state index contributed by atoms with van der Waals surface area (Å²) in [5.41, 5.74) is 0. The molecule has 0 saturated carbocycles. The van der Waals surface area contributed by atoms with Crippen LogP contribution in [0.3, 0.4) is 0 Å². The second-order valence-electron chi connectivity index (χ2n) is 2.39. The Morgan fingerprint density at radius 2 is 2.50 bits per heavy atom. The maximum Gasteiger partial charge on any atom is 0.332 e. The van der Waals surface area contributed by atoms with Crippen LogP contribution in [0.1, 0.15) is 13.3 Å². The Morgan fingerprint density at radius 3 is 3.08 bits per heavy atom. The van der Waals surface area contributed by atoms with Gasteiger partial charge in [-0.25, -0.2) is 4.79 Å². The van der Waals surface area contributed by atoms with Gasteiger partial charge in [-0.1, -0.05) is 0 Å². The number of ether oxygens (including phenoxy) is 1. The van der Waals surface area contributed by atoms with E-state index in [1.165, 1.54) is 11.8 Å². The quantitative estimate of drug-likeness (QED) is 0.628. The zero-order chi connectivity index (χ0) is 8.97. The molecule has 1 heterocycles. The van der Waals surface area contributed by atoms with Gasteiger partial charge in [0.2, 0.25) is 0 Å². The fourth-order valence-corrected chi connectivity index (χ4v) is 3.98. The first kappa shape index (κ1) is 10.1. The minimum atomic E-state index is -1.02. The van der Waals surface area contributed by atoms with Gasteiger partial charge in [-0.05, 0) is 19.1 Å². The molecule has 0 amide bonds. The van der Waals surface area contributed by atoms with Crippen molar-refractivity contribution in [2.45, 2.75) is 17.9 Å². The highest BCUT2D eigenvalue weighted by atomic mass is 32.2.